The van der Waals surface area contributed by atoms with Gasteiger partial charge in [0, 0.05) is 12.1 Å². The monoisotopic (exact) mass is 328 g/mol. The van der Waals surface area contributed by atoms with Gasteiger partial charge in [0.05, 0.1) is 0 Å². The van der Waals surface area contributed by atoms with Crippen molar-refractivity contribution in [3.05, 3.63) is 12.2 Å². The van der Waals surface area contributed by atoms with Crippen LogP contribution in [0.2, 0.25) is 0 Å². The van der Waals surface area contributed by atoms with Gasteiger partial charge in [-0.1, -0.05) is 19.9 Å². The van der Waals surface area contributed by atoms with Crippen LogP contribution in [0, 0.1) is 5.92 Å². The van der Waals surface area contributed by atoms with Crippen LogP contribution in [0.5, 0.6) is 0 Å². The number of hydrogen-bond donors (Lipinski definition) is 3. The number of carbonyl (C=O) groups excluding carboxylic acids is 2. The molecule has 2 atom stereocenters. The lowest BCUT2D eigenvalue weighted by molar-refractivity contribution is -0.131. The zero-order chi connectivity index (χ0) is 18.2. The molecule has 0 aliphatic rings. The van der Waals surface area contributed by atoms with Crippen LogP contribution in [-0.2, 0) is 14.3 Å². The van der Waals surface area contributed by atoms with E-state index < -0.39 is 35.7 Å². The lowest BCUT2D eigenvalue weighted by Gasteiger charge is -2.23. The van der Waals surface area contributed by atoms with E-state index in [1.165, 1.54) is 13.0 Å². The Kier molecular flexibility index (Phi) is 8.35. The molecule has 0 aliphatic carbocycles. The van der Waals surface area contributed by atoms with Gasteiger partial charge in [-0.3, -0.25) is 4.79 Å². The maximum absolute atomic E-state index is 12.1. The zero-order valence-electron chi connectivity index (χ0n) is 14.7. The normalized spacial score (nSPS) is 14.4. The van der Waals surface area contributed by atoms with E-state index in [9.17, 15) is 14.4 Å². The molecule has 0 aromatic carbocycles. The molecule has 7 heteroatoms. The predicted molar refractivity (Wildman–Crippen MR) is 87.0 cm³/mol. The van der Waals surface area contributed by atoms with E-state index in [-0.39, 0.29) is 5.92 Å². The van der Waals surface area contributed by atoms with Crippen molar-refractivity contribution < 1.29 is 24.2 Å². The maximum atomic E-state index is 12.1. The third kappa shape index (κ3) is 11.2. The third-order valence-electron chi connectivity index (χ3n) is 2.65. The van der Waals surface area contributed by atoms with Crippen LogP contribution in [0.25, 0.3) is 0 Å². The van der Waals surface area contributed by atoms with Crippen molar-refractivity contribution in [3.8, 4) is 0 Å². The molecular weight excluding hydrogens is 300 g/mol. The minimum absolute atomic E-state index is 0.271. The van der Waals surface area contributed by atoms with Crippen molar-refractivity contribution in [2.45, 2.75) is 65.6 Å². The molecule has 0 radical (unpaired) electrons. The Morgan fingerprint density at radius 2 is 1.70 bits per heavy atom. The second-order valence-corrected chi connectivity index (χ2v) is 6.81. The molecule has 2 unspecified atom stereocenters. The lowest BCUT2D eigenvalue weighted by atomic mass is 10.0. The van der Waals surface area contributed by atoms with Crippen molar-refractivity contribution >= 4 is 18.0 Å². The number of rotatable bonds is 7. The number of carbonyl (C=O) groups is 3. The van der Waals surface area contributed by atoms with Crippen molar-refractivity contribution in [3.63, 3.8) is 0 Å². The summed E-state index contributed by atoms with van der Waals surface area (Å²) >= 11 is 0. The fourth-order valence-electron chi connectivity index (χ4n) is 1.75. The summed E-state index contributed by atoms with van der Waals surface area (Å²) in [6, 6.07) is -1.21. The average molecular weight is 328 g/mol. The number of carboxylic acids is 1. The summed E-state index contributed by atoms with van der Waals surface area (Å²) in [7, 11) is 0. The Morgan fingerprint density at radius 3 is 2.13 bits per heavy atom. The van der Waals surface area contributed by atoms with Crippen LogP contribution in [0.15, 0.2) is 12.2 Å². The molecule has 0 fully saturated rings. The third-order valence-corrected chi connectivity index (χ3v) is 2.65. The van der Waals surface area contributed by atoms with Crippen LogP contribution in [0.4, 0.5) is 4.79 Å². The molecular formula is C16H28N2O5. The van der Waals surface area contributed by atoms with Gasteiger partial charge >= 0.3 is 12.1 Å². The van der Waals surface area contributed by atoms with Crippen LogP contribution in [0.1, 0.15) is 48.0 Å². The van der Waals surface area contributed by atoms with Crippen molar-refractivity contribution in [2.24, 2.45) is 5.92 Å². The maximum Gasteiger partial charge on any atom is 0.408 e. The van der Waals surface area contributed by atoms with E-state index in [1.54, 1.807) is 20.8 Å². The van der Waals surface area contributed by atoms with Crippen LogP contribution >= 0.6 is 0 Å². The first kappa shape index (κ1) is 20.9. The standard InChI is InChI=1S/C16H28N2O5/c1-10(2)9-12(7-8-13(19)20)18-14(21)11(3)17-15(22)23-16(4,5)6/h7-8,10-12H,9H2,1-6H3,(H,17,22)(H,18,21)(H,19,20). The van der Waals surface area contributed by atoms with E-state index in [4.69, 9.17) is 9.84 Å². The minimum Gasteiger partial charge on any atom is -0.478 e. The second kappa shape index (κ2) is 9.17. The van der Waals surface area contributed by atoms with Crippen molar-refractivity contribution in [1.82, 2.24) is 10.6 Å². The lowest BCUT2D eigenvalue weighted by Crippen LogP contribution is -2.49. The molecule has 0 aromatic rings. The number of alkyl carbamates (subject to hydrolysis) is 1. The molecule has 0 rings (SSSR count). The first-order valence-corrected chi connectivity index (χ1v) is 7.61. The molecule has 0 heterocycles. The summed E-state index contributed by atoms with van der Waals surface area (Å²) in [4.78, 5) is 34.4. The Morgan fingerprint density at radius 1 is 1.13 bits per heavy atom. The largest absolute Gasteiger partial charge is 0.478 e. The van der Waals surface area contributed by atoms with Crippen molar-refractivity contribution in [1.29, 1.82) is 0 Å². The van der Waals surface area contributed by atoms with E-state index >= 15 is 0 Å². The highest BCUT2D eigenvalue weighted by molar-refractivity contribution is 5.86. The molecule has 0 saturated carbocycles. The minimum atomic E-state index is -1.08. The SMILES string of the molecule is CC(C)CC(C=CC(=O)O)NC(=O)C(C)NC(=O)OC(C)(C)C. The molecule has 0 aromatic heterocycles. The molecule has 132 valence electrons. The fourth-order valence-corrected chi connectivity index (χ4v) is 1.75. The quantitative estimate of drug-likeness (QED) is 0.621. The number of nitrogens with one attached hydrogen (secondary N) is 2. The smallest absolute Gasteiger partial charge is 0.408 e. The number of ether oxygens (including phenoxy) is 1. The van der Waals surface area contributed by atoms with Gasteiger partial charge in [-0.2, -0.15) is 0 Å². The van der Waals surface area contributed by atoms with Gasteiger partial charge in [-0.05, 0) is 40.0 Å². The van der Waals surface area contributed by atoms with Crippen molar-refractivity contribution in [2.75, 3.05) is 0 Å². The fraction of sp³-hybridized carbons (Fsp3) is 0.688. The molecule has 0 bridgehead atoms. The second-order valence-electron chi connectivity index (χ2n) is 6.81. The van der Waals surface area contributed by atoms with Crippen LogP contribution < -0.4 is 10.6 Å². The number of hydrogen-bond acceptors (Lipinski definition) is 4. The molecule has 23 heavy (non-hydrogen) atoms. The Hall–Kier alpha value is -2.05. The van der Waals surface area contributed by atoms with Gasteiger partial charge < -0.3 is 20.5 Å². The predicted octanol–water partition coefficient (Wildman–Crippen LogP) is 2.07. The van der Waals surface area contributed by atoms with Gasteiger partial charge in [0.2, 0.25) is 5.91 Å². The Bertz CT molecular complexity index is 452. The number of amides is 2. The molecule has 2 amide bonds. The van der Waals surface area contributed by atoms with Gasteiger partial charge in [0.15, 0.2) is 0 Å². The topological polar surface area (TPSA) is 105 Å². The Labute approximate surface area is 137 Å². The van der Waals surface area contributed by atoms with Crippen LogP contribution in [0.3, 0.4) is 0 Å². The van der Waals surface area contributed by atoms with Gasteiger partial charge in [-0.15, -0.1) is 0 Å². The number of carboxylic acid groups (broad SMARTS) is 1. The highest BCUT2D eigenvalue weighted by Crippen LogP contribution is 2.08. The van der Waals surface area contributed by atoms with E-state index in [2.05, 4.69) is 10.6 Å². The molecule has 3 N–H and O–H groups in total. The molecule has 0 saturated heterocycles. The highest BCUT2D eigenvalue weighted by atomic mass is 16.6. The van der Waals surface area contributed by atoms with E-state index in [0.717, 1.165) is 6.08 Å². The zero-order valence-corrected chi connectivity index (χ0v) is 14.7. The summed E-state index contributed by atoms with van der Waals surface area (Å²) in [6.07, 6.45) is 2.34. The summed E-state index contributed by atoms with van der Waals surface area (Å²) < 4.78 is 5.09. The van der Waals surface area contributed by atoms with E-state index in [1.807, 2.05) is 13.8 Å². The first-order valence-electron chi connectivity index (χ1n) is 7.61. The summed E-state index contributed by atoms with van der Waals surface area (Å²) in [6.45, 7) is 10.7. The summed E-state index contributed by atoms with van der Waals surface area (Å²) in [5.74, 6) is -1.21. The Balaban J connectivity index is 4.65. The molecule has 0 aliphatic heterocycles. The molecule has 0 spiro atoms. The van der Waals surface area contributed by atoms with Gasteiger partial charge in [-0.25, -0.2) is 9.59 Å². The highest BCUT2D eigenvalue weighted by Gasteiger charge is 2.22. The average Bonchev–Trinajstić information content (AvgIpc) is 2.32. The van der Waals surface area contributed by atoms with E-state index in [0.29, 0.717) is 6.42 Å². The summed E-state index contributed by atoms with van der Waals surface area (Å²) in [5, 5.41) is 13.9. The van der Waals surface area contributed by atoms with Gasteiger partial charge in [0.1, 0.15) is 11.6 Å². The first-order chi connectivity index (χ1) is 10.4. The summed E-state index contributed by atoms with van der Waals surface area (Å²) in [5.41, 5.74) is -0.648. The molecule has 7 nitrogen and oxygen atoms in total. The van der Waals surface area contributed by atoms with Crippen LogP contribution in [-0.4, -0.2) is 40.8 Å². The van der Waals surface area contributed by atoms with Gasteiger partial charge in [0.25, 0.3) is 0 Å². The number of aliphatic carboxylic acids is 1.